The molecule has 0 saturated carbocycles. The molecule has 2 aliphatic rings. The van der Waals surface area contributed by atoms with Crippen molar-refractivity contribution >= 4 is 21.7 Å². The zero-order valence-electron chi connectivity index (χ0n) is 16.7. The van der Waals surface area contributed by atoms with Crippen molar-refractivity contribution in [1.29, 1.82) is 5.26 Å². The SMILES string of the molecule is CN1C(N)=C(C#N)[C@@H](c2ccc(OCc3ccc(Br)cc3)cc2)C2=C1CCCC2=O. The molecule has 0 saturated heterocycles. The van der Waals surface area contributed by atoms with E-state index >= 15 is 0 Å². The smallest absolute Gasteiger partial charge is 0.161 e. The maximum absolute atomic E-state index is 12.8. The molecule has 0 unspecified atom stereocenters. The third kappa shape index (κ3) is 3.73. The fourth-order valence-corrected chi connectivity index (χ4v) is 4.36. The van der Waals surface area contributed by atoms with E-state index in [0.717, 1.165) is 39.9 Å². The summed E-state index contributed by atoms with van der Waals surface area (Å²) in [7, 11) is 1.83. The normalized spacial score (nSPS) is 18.9. The first kappa shape index (κ1) is 20.2. The van der Waals surface area contributed by atoms with Crippen LogP contribution < -0.4 is 10.5 Å². The van der Waals surface area contributed by atoms with Crippen LogP contribution in [0.25, 0.3) is 0 Å². The van der Waals surface area contributed by atoms with Crippen LogP contribution in [0.15, 0.2) is 75.7 Å². The van der Waals surface area contributed by atoms with E-state index in [1.807, 2.05) is 55.6 Å². The number of halogens is 1. The van der Waals surface area contributed by atoms with E-state index in [4.69, 9.17) is 10.5 Å². The highest BCUT2D eigenvalue weighted by Gasteiger charge is 2.38. The van der Waals surface area contributed by atoms with Crippen LogP contribution in [0, 0.1) is 11.3 Å². The Labute approximate surface area is 184 Å². The molecule has 1 aliphatic carbocycles. The largest absolute Gasteiger partial charge is 0.489 e. The first-order chi connectivity index (χ1) is 14.5. The quantitative estimate of drug-likeness (QED) is 0.706. The molecular formula is C24H22BrN3O2. The van der Waals surface area contributed by atoms with Crippen molar-refractivity contribution in [3.63, 3.8) is 0 Å². The van der Waals surface area contributed by atoms with E-state index in [9.17, 15) is 10.1 Å². The van der Waals surface area contributed by atoms with Gasteiger partial charge in [-0.2, -0.15) is 5.26 Å². The molecule has 2 aromatic carbocycles. The summed E-state index contributed by atoms with van der Waals surface area (Å²) in [5.74, 6) is 0.833. The standard InChI is InChI=1S/C24H22BrN3O2/c1-28-20-3-2-4-21(29)23(20)22(19(13-26)24(28)27)16-7-11-18(12-8-16)30-14-15-5-9-17(25)10-6-15/h5-12,22H,2-4,14,27H2,1H3/t22-/m1/s1. The fraction of sp³-hybridized carbons (Fsp3) is 0.250. The Morgan fingerprint density at radius 2 is 1.87 bits per heavy atom. The highest BCUT2D eigenvalue weighted by molar-refractivity contribution is 9.10. The van der Waals surface area contributed by atoms with Gasteiger partial charge in [0.1, 0.15) is 18.2 Å². The van der Waals surface area contributed by atoms with E-state index in [2.05, 4.69) is 22.0 Å². The molecular weight excluding hydrogens is 442 g/mol. The molecule has 0 spiro atoms. The number of nitriles is 1. The summed E-state index contributed by atoms with van der Waals surface area (Å²) in [6, 6.07) is 17.8. The van der Waals surface area contributed by atoms with Gasteiger partial charge in [0.15, 0.2) is 5.78 Å². The molecule has 0 fully saturated rings. The number of rotatable bonds is 4. The lowest BCUT2D eigenvalue weighted by Gasteiger charge is -2.37. The van der Waals surface area contributed by atoms with Gasteiger partial charge in [0.25, 0.3) is 0 Å². The van der Waals surface area contributed by atoms with Crippen molar-refractivity contribution in [2.45, 2.75) is 31.8 Å². The zero-order chi connectivity index (χ0) is 21.3. The second-order valence-electron chi connectivity index (χ2n) is 7.52. The number of ether oxygens (including phenoxy) is 1. The Kier molecular flexibility index (Phi) is 5.65. The summed E-state index contributed by atoms with van der Waals surface area (Å²) in [5, 5.41) is 9.80. The molecule has 0 amide bonds. The van der Waals surface area contributed by atoms with Crippen LogP contribution in [0.3, 0.4) is 0 Å². The van der Waals surface area contributed by atoms with Crippen LogP contribution in [-0.2, 0) is 11.4 Å². The summed E-state index contributed by atoms with van der Waals surface area (Å²) in [4.78, 5) is 14.6. The van der Waals surface area contributed by atoms with Gasteiger partial charge in [-0.3, -0.25) is 4.79 Å². The molecule has 2 aromatic rings. The number of carbonyl (C=O) groups is 1. The lowest BCUT2D eigenvalue weighted by molar-refractivity contribution is -0.116. The second kappa shape index (κ2) is 8.37. The number of hydrogen-bond donors (Lipinski definition) is 1. The highest BCUT2D eigenvalue weighted by Crippen LogP contribution is 2.44. The Balaban J connectivity index is 1.61. The molecule has 1 heterocycles. The number of nitrogens with zero attached hydrogens (tertiary/aromatic N) is 2. The van der Waals surface area contributed by atoms with Crippen LogP contribution >= 0.6 is 15.9 Å². The molecule has 30 heavy (non-hydrogen) atoms. The molecule has 1 aliphatic heterocycles. The molecule has 152 valence electrons. The molecule has 0 radical (unpaired) electrons. The third-order valence-corrected chi connectivity index (χ3v) is 6.23. The second-order valence-corrected chi connectivity index (χ2v) is 8.44. The minimum Gasteiger partial charge on any atom is -0.489 e. The van der Waals surface area contributed by atoms with E-state index in [-0.39, 0.29) is 5.78 Å². The van der Waals surface area contributed by atoms with E-state index in [1.165, 1.54) is 0 Å². The van der Waals surface area contributed by atoms with E-state index < -0.39 is 5.92 Å². The van der Waals surface area contributed by atoms with Crippen molar-refractivity contribution < 1.29 is 9.53 Å². The van der Waals surface area contributed by atoms with Crippen LogP contribution in [0.5, 0.6) is 5.75 Å². The summed E-state index contributed by atoms with van der Waals surface area (Å²) in [5.41, 5.74) is 10.3. The fourth-order valence-electron chi connectivity index (χ4n) is 4.10. The number of benzene rings is 2. The Bertz CT molecular complexity index is 1080. The summed E-state index contributed by atoms with van der Waals surface area (Å²) in [6.45, 7) is 0.463. The van der Waals surface area contributed by atoms with Crippen LogP contribution in [0.2, 0.25) is 0 Å². The van der Waals surface area contributed by atoms with Gasteiger partial charge in [0.05, 0.1) is 17.6 Å². The molecule has 4 rings (SSSR count). The van der Waals surface area contributed by atoms with Crippen molar-refractivity contribution in [2.75, 3.05) is 7.05 Å². The number of Topliss-reactive ketones (excluding diaryl/α,β-unsaturated/α-hetero) is 1. The number of carbonyl (C=O) groups excluding carboxylic acids is 1. The Morgan fingerprint density at radius 3 is 2.53 bits per heavy atom. The van der Waals surface area contributed by atoms with Gasteiger partial charge in [0, 0.05) is 29.2 Å². The maximum Gasteiger partial charge on any atom is 0.161 e. The minimum atomic E-state index is -0.422. The van der Waals surface area contributed by atoms with Gasteiger partial charge >= 0.3 is 0 Å². The summed E-state index contributed by atoms with van der Waals surface area (Å²) < 4.78 is 6.92. The summed E-state index contributed by atoms with van der Waals surface area (Å²) >= 11 is 3.43. The number of ketones is 1. The topological polar surface area (TPSA) is 79.3 Å². The number of allylic oxidation sites excluding steroid dienone is 3. The molecule has 2 N–H and O–H groups in total. The van der Waals surface area contributed by atoms with Crippen molar-refractivity contribution in [2.24, 2.45) is 5.73 Å². The lowest BCUT2D eigenvalue weighted by atomic mass is 9.76. The van der Waals surface area contributed by atoms with E-state index in [0.29, 0.717) is 30.0 Å². The van der Waals surface area contributed by atoms with Gasteiger partial charge in [-0.25, -0.2) is 0 Å². The molecule has 0 bridgehead atoms. The first-order valence-corrected chi connectivity index (χ1v) is 10.7. The number of hydrogen-bond acceptors (Lipinski definition) is 5. The predicted molar refractivity (Wildman–Crippen MR) is 118 cm³/mol. The molecule has 6 heteroatoms. The minimum absolute atomic E-state index is 0.101. The number of nitrogens with two attached hydrogens (primary N) is 1. The average molecular weight is 464 g/mol. The van der Waals surface area contributed by atoms with Crippen LogP contribution in [-0.4, -0.2) is 17.7 Å². The van der Waals surface area contributed by atoms with Crippen LogP contribution in [0.1, 0.15) is 36.3 Å². The van der Waals surface area contributed by atoms with Gasteiger partial charge in [0.2, 0.25) is 0 Å². The van der Waals surface area contributed by atoms with Gasteiger partial charge < -0.3 is 15.4 Å². The third-order valence-electron chi connectivity index (χ3n) is 5.70. The van der Waals surface area contributed by atoms with Gasteiger partial charge in [-0.1, -0.05) is 40.2 Å². The summed E-state index contributed by atoms with van der Waals surface area (Å²) in [6.07, 6.45) is 2.12. The highest BCUT2D eigenvalue weighted by atomic mass is 79.9. The van der Waals surface area contributed by atoms with Gasteiger partial charge in [-0.15, -0.1) is 0 Å². The predicted octanol–water partition coefficient (Wildman–Crippen LogP) is 4.76. The Hall–Kier alpha value is -3.04. The zero-order valence-corrected chi connectivity index (χ0v) is 18.3. The molecule has 1 atom stereocenters. The first-order valence-electron chi connectivity index (χ1n) is 9.86. The van der Waals surface area contributed by atoms with E-state index in [1.54, 1.807) is 4.90 Å². The molecule has 5 nitrogen and oxygen atoms in total. The Morgan fingerprint density at radius 1 is 1.17 bits per heavy atom. The monoisotopic (exact) mass is 463 g/mol. The average Bonchev–Trinajstić information content (AvgIpc) is 2.76. The van der Waals surface area contributed by atoms with Crippen molar-refractivity contribution in [3.8, 4) is 11.8 Å². The van der Waals surface area contributed by atoms with Crippen molar-refractivity contribution in [1.82, 2.24) is 4.90 Å². The molecule has 0 aromatic heterocycles. The van der Waals surface area contributed by atoms with Gasteiger partial charge in [-0.05, 0) is 48.2 Å². The lowest BCUT2D eigenvalue weighted by Crippen LogP contribution is -2.36. The van der Waals surface area contributed by atoms with Crippen LogP contribution in [0.4, 0.5) is 0 Å². The maximum atomic E-state index is 12.8. The van der Waals surface area contributed by atoms with Crippen molar-refractivity contribution in [3.05, 3.63) is 86.8 Å².